The Morgan fingerprint density at radius 3 is 2.40 bits per heavy atom. The maximum absolute atomic E-state index is 9.71. The van der Waals surface area contributed by atoms with Crippen LogP contribution < -0.4 is 10.1 Å². The molecule has 0 heterocycles. The molecule has 0 aliphatic rings. The number of hydrogen-bond acceptors (Lipinski definition) is 3. The molecule has 20 heavy (non-hydrogen) atoms. The SMILES string of the molecule is CC(C)(O)CCOc1cccc(Cl)c1CNC(C)(C)C. The first kappa shape index (κ1) is 17.3. The highest BCUT2D eigenvalue weighted by molar-refractivity contribution is 6.31. The molecule has 0 bridgehead atoms. The Morgan fingerprint density at radius 2 is 1.85 bits per heavy atom. The first-order chi connectivity index (χ1) is 9.08. The standard InChI is InChI=1S/C16H26ClNO2/c1-15(2,3)18-11-12-13(17)7-6-8-14(12)20-10-9-16(4,5)19/h6-8,18-19H,9-11H2,1-5H3. The molecule has 2 N–H and O–H groups in total. The summed E-state index contributed by atoms with van der Waals surface area (Å²) in [7, 11) is 0. The quantitative estimate of drug-likeness (QED) is 0.840. The van der Waals surface area contributed by atoms with Gasteiger partial charge in [-0.2, -0.15) is 0 Å². The third-order valence-corrected chi connectivity index (χ3v) is 3.20. The van der Waals surface area contributed by atoms with Gasteiger partial charge in [0, 0.05) is 29.1 Å². The van der Waals surface area contributed by atoms with Crippen molar-refractivity contribution < 1.29 is 9.84 Å². The van der Waals surface area contributed by atoms with Crippen LogP contribution in [0.1, 0.15) is 46.6 Å². The zero-order valence-corrected chi connectivity index (χ0v) is 13.8. The van der Waals surface area contributed by atoms with E-state index in [-0.39, 0.29) is 5.54 Å². The summed E-state index contributed by atoms with van der Waals surface area (Å²) in [6.07, 6.45) is 0.575. The van der Waals surface area contributed by atoms with E-state index >= 15 is 0 Å². The fourth-order valence-corrected chi connectivity index (χ4v) is 1.84. The number of ether oxygens (including phenoxy) is 1. The third-order valence-electron chi connectivity index (χ3n) is 2.84. The molecule has 0 saturated heterocycles. The van der Waals surface area contributed by atoms with E-state index in [1.807, 2.05) is 18.2 Å². The molecular formula is C16H26ClNO2. The Morgan fingerprint density at radius 1 is 1.20 bits per heavy atom. The molecular weight excluding hydrogens is 274 g/mol. The van der Waals surface area contributed by atoms with Gasteiger partial charge in [-0.05, 0) is 46.8 Å². The van der Waals surface area contributed by atoms with Gasteiger partial charge >= 0.3 is 0 Å². The summed E-state index contributed by atoms with van der Waals surface area (Å²) >= 11 is 6.26. The van der Waals surface area contributed by atoms with Crippen LogP contribution in [0, 0.1) is 0 Å². The van der Waals surface area contributed by atoms with Crippen molar-refractivity contribution in [1.29, 1.82) is 0 Å². The van der Waals surface area contributed by atoms with Crippen LogP contribution in [0.15, 0.2) is 18.2 Å². The molecule has 1 aromatic rings. The van der Waals surface area contributed by atoms with Crippen molar-refractivity contribution in [1.82, 2.24) is 5.32 Å². The Hall–Kier alpha value is -0.770. The smallest absolute Gasteiger partial charge is 0.125 e. The summed E-state index contributed by atoms with van der Waals surface area (Å²) in [6.45, 7) is 11.0. The molecule has 4 heteroatoms. The van der Waals surface area contributed by atoms with Crippen molar-refractivity contribution in [2.24, 2.45) is 0 Å². The minimum Gasteiger partial charge on any atom is -0.493 e. The Labute approximate surface area is 127 Å². The summed E-state index contributed by atoms with van der Waals surface area (Å²) < 4.78 is 5.77. The van der Waals surface area contributed by atoms with Crippen molar-refractivity contribution in [3.8, 4) is 5.75 Å². The average Bonchev–Trinajstić information content (AvgIpc) is 2.25. The van der Waals surface area contributed by atoms with Crippen LogP contribution >= 0.6 is 11.6 Å². The molecule has 0 aromatic heterocycles. The lowest BCUT2D eigenvalue weighted by Gasteiger charge is -2.23. The van der Waals surface area contributed by atoms with Crippen molar-refractivity contribution in [2.75, 3.05) is 6.61 Å². The Balaban J connectivity index is 2.73. The van der Waals surface area contributed by atoms with E-state index in [0.29, 0.717) is 24.6 Å². The lowest BCUT2D eigenvalue weighted by atomic mass is 10.1. The van der Waals surface area contributed by atoms with Crippen LogP contribution in [-0.2, 0) is 6.54 Å². The fraction of sp³-hybridized carbons (Fsp3) is 0.625. The van der Waals surface area contributed by atoms with E-state index in [1.165, 1.54) is 0 Å². The molecule has 0 radical (unpaired) electrons. The summed E-state index contributed by atoms with van der Waals surface area (Å²) in [4.78, 5) is 0. The van der Waals surface area contributed by atoms with E-state index in [2.05, 4.69) is 26.1 Å². The highest BCUT2D eigenvalue weighted by atomic mass is 35.5. The van der Waals surface area contributed by atoms with Gasteiger partial charge in [-0.25, -0.2) is 0 Å². The molecule has 0 fully saturated rings. The first-order valence-electron chi connectivity index (χ1n) is 6.96. The number of aliphatic hydroxyl groups is 1. The Kier molecular flexibility index (Phi) is 5.87. The molecule has 0 spiro atoms. The van der Waals surface area contributed by atoms with Crippen LogP contribution in [0.4, 0.5) is 0 Å². The number of halogens is 1. The van der Waals surface area contributed by atoms with E-state index in [4.69, 9.17) is 16.3 Å². The third kappa shape index (κ3) is 6.60. The zero-order chi connectivity index (χ0) is 15.4. The summed E-state index contributed by atoms with van der Waals surface area (Å²) in [5.41, 5.74) is 0.256. The van der Waals surface area contributed by atoms with Gasteiger partial charge in [0.15, 0.2) is 0 Å². The molecule has 0 unspecified atom stereocenters. The second-order valence-electron chi connectivity index (χ2n) is 6.73. The van der Waals surface area contributed by atoms with Crippen LogP contribution in [0.2, 0.25) is 5.02 Å². The normalized spacial score (nSPS) is 12.6. The fourth-order valence-electron chi connectivity index (χ4n) is 1.61. The number of rotatable bonds is 6. The molecule has 0 aliphatic heterocycles. The number of hydrogen-bond donors (Lipinski definition) is 2. The van der Waals surface area contributed by atoms with E-state index < -0.39 is 5.60 Å². The predicted octanol–water partition coefficient (Wildman–Crippen LogP) is 3.77. The van der Waals surface area contributed by atoms with Crippen LogP contribution in [0.3, 0.4) is 0 Å². The van der Waals surface area contributed by atoms with E-state index in [0.717, 1.165) is 11.3 Å². The molecule has 1 aromatic carbocycles. The second kappa shape index (κ2) is 6.79. The number of benzene rings is 1. The number of nitrogens with one attached hydrogen (secondary N) is 1. The first-order valence-corrected chi connectivity index (χ1v) is 7.34. The summed E-state index contributed by atoms with van der Waals surface area (Å²) in [6, 6.07) is 5.66. The second-order valence-corrected chi connectivity index (χ2v) is 7.14. The summed E-state index contributed by atoms with van der Waals surface area (Å²) in [5.74, 6) is 0.776. The van der Waals surface area contributed by atoms with E-state index in [9.17, 15) is 5.11 Å². The molecule has 0 atom stereocenters. The van der Waals surface area contributed by atoms with Crippen LogP contribution in [0.5, 0.6) is 5.75 Å². The van der Waals surface area contributed by atoms with Crippen molar-refractivity contribution in [3.63, 3.8) is 0 Å². The average molecular weight is 300 g/mol. The van der Waals surface area contributed by atoms with Crippen LogP contribution in [-0.4, -0.2) is 22.9 Å². The van der Waals surface area contributed by atoms with Gasteiger partial charge in [0.2, 0.25) is 0 Å². The topological polar surface area (TPSA) is 41.5 Å². The van der Waals surface area contributed by atoms with Gasteiger partial charge in [-0.3, -0.25) is 0 Å². The highest BCUT2D eigenvalue weighted by Gasteiger charge is 2.15. The van der Waals surface area contributed by atoms with Crippen LogP contribution in [0.25, 0.3) is 0 Å². The van der Waals surface area contributed by atoms with Gasteiger partial charge in [0.25, 0.3) is 0 Å². The molecule has 0 aliphatic carbocycles. The lowest BCUT2D eigenvalue weighted by Crippen LogP contribution is -2.35. The molecule has 0 amide bonds. The minimum atomic E-state index is -0.720. The van der Waals surface area contributed by atoms with Gasteiger partial charge < -0.3 is 15.2 Å². The predicted molar refractivity (Wildman–Crippen MR) is 84.5 cm³/mol. The molecule has 114 valence electrons. The monoisotopic (exact) mass is 299 g/mol. The van der Waals surface area contributed by atoms with Crippen molar-refractivity contribution in [2.45, 2.75) is 58.7 Å². The molecule has 1 rings (SSSR count). The maximum Gasteiger partial charge on any atom is 0.125 e. The highest BCUT2D eigenvalue weighted by Crippen LogP contribution is 2.27. The van der Waals surface area contributed by atoms with Crippen molar-refractivity contribution in [3.05, 3.63) is 28.8 Å². The van der Waals surface area contributed by atoms with Gasteiger partial charge in [-0.1, -0.05) is 17.7 Å². The Bertz CT molecular complexity index is 433. The summed E-state index contributed by atoms with van der Waals surface area (Å²) in [5, 5.41) is 13.8. The van der Waals surface area contributed by atoms with Gasteiger partial charge in [-0.15, -0.1) is 0 Å². The maximum atomic E-state index is 9.71. The van der Waals surface area contributed by atoms with Gasteiger partial charge in [0.1, 0.15) is 5.75 Å². The molecule has 0 saturated carbocycles. The van der Waals surface area contributed by atoms with E-state index in [1.54, 1.807) is 13.8 Å². The lowest BCUT2D eigenvalue weighted by molar-refractivity contribution is 0.0552. The van der Waals surface area contributed by atoms with Gasteiger partial charge in [0.05, 0.1) is 12.2 Å². The minimum absolute atomic E-state index is 0.0174. The largest absolute Gasteiger partial charge is 0.493 e. The zero-order valence-electron chi connectivity index (χ0n) is 13.1. The van der Waals surface area contributed by atoms with Crippen molar-refractivity contribution >= 4 is 11.6 Å². The molecule has 3 nitrogen and oxygen atoms in total.